The topological polar surface area (TPSA) is 108 Å². The first-order valence-corrected chi connectivity index (χ1v) is 19.2. The molecule has 2 fully saturated rings. The summed E-state index contributed by atoms with van der Waals surface area (Å²) in [5, 5.41) is 0. The van der Waals surface area contributed by atoms with E-state index in [0.717, 1.165) is 34.6 Å². The number of aromatic nitrogens is 3. The van der Waals surface area contributed by atoms with Gasteiger partial charge >= 0.3 is 0 Å². The molecule has 1 amide bonds. The number of anilines is 2. The largest absolute Gasteiger partial charge is 0.357 e. The van der Waals surface area contributed by atoms with Crippen molar-refractivity contribution in [2.75, 3.05) is 16.7 Å². The van der Waals surface area contributed by atoms with Crippen LogP contribution < -0.4 is 9.62 Å². The van der Waals surface area contributed by atoms with Crippen molar-refractivity contribution in [3.63, 3.8) is 0 Å². The number of amides is 1. The Morgan fingerprint density at radius 3 is 2.34 bits per heavy atom. The van der Waals surface area contributed by atoms with Crippen molar-refractivity contribution >= 4 is 27.7 Å². The molecule has 2 aliphatic carbocycles. The van der Waals surface area contributed by atoms with Gasteiger partial charge in [-0.3, -0.25) is 4.79 Å². The van der Waals surface area contributed by atoms with E-state index in [9.17, 15) is 13.2 Å². The van der Waals surface area contributed by atoms with E-state index in [1.165, 1.54) is 37.8 Å². The van der Waals surface area contributed by atoms with E-state index in [4.69, 9.17) is 15.0 Å². The van der Waals surface area contributed by atoms with Gasteiger partial charge in [-0.15, -0.1) is 0 Å². The molecule has 0 saturated heterocycles. The maximum absolute atomic E-state index is 14.6. The second-order valence-electron chi connectivity index (χ2n) is 16.0. The molecule has 2 aromatic heterocycles. The number of nitrogens with zero attached hydrogens (tertiary/aromatic N) is 5. The van der Waals surface area contributed by atoms with Gasteiger partial charge in [-0.2, -0.15) is 0 Å². The van der Waals surface area contributed by atoms with Crippen LogP contribution >= 0.6 is 0 Å². The van der Waals surface area contributed by atoms with Crippen LogP contribution in [-0.4, -0.2) is 53.3 Å². The van der Waals surface area contributed by atoms with Gasteiger partial charge in [0.2, 0.25) is 5.95 Å². The molecule has 4 bridgehead atoms. The lowest BCUT2D eigenvalue weighted by Crippen LogP contribution is -2.44. The number of sulfonamides is 1. The van der Waals surface area contributed by atoms with E-state index in [1.54, 1.807) is 12.1 Å². The van der Waals surface area contributed by atoms with Gasteiger partial charge in [-0.1, -0.05) is 51.1 Å². The summed E-state index contributed by atoms with van der Waals surface area (Å²) in [7, 11) is -1.98. The maximum Gasteiger partial charge on any atom is 0.264 e. The van der Waals surface area contributed by atoms with Crippen LogP contribution in [0.15, 0.2) is 71.6 Å². The fraction of sp³-hybridized carbons (Fsp3) is 0.450. The smallest absolute Gasteiger partial charge is 0.264 e. The highest BCUT2D eigenvalue weighted by molar-refractivity contribution is 7.92. The van der Waals surface area contributed by atoms with Crippen LogP contribution in [0.25, 0.3) is 11.3 Å². The lowest BCUT2D eigenvalue weighted by molar-refractivity contribution is 0.0592. The summed E-state index contributed by atoms with van der Waals surface area (Å²) in [6, 6.07) is 20.7. The van der Waals surface area contributed by atoms with Crippen LogP contribution in [0.3, 0.4) is 0 Å². The van der Waals surface area contributed by atoms with Gasteiger partial charge in [0, 0.05) is 36.0 Å². The van der Waals surface area contributed by atoms with Gasteiger partial charge in [0.1, 0.15) is 5.82 Å². The SMILES string of the molecule is Cc1cccc(C)c1-c1cc2nc(n1)NS(=O)(=O)c1cccc(c1)C(=O)N(Cc1cccc(N(C)C3CC4(CC4)C3)n1)[C@H](CC(C)(C)C)CC2. The molecule has 262 valence electrons. The third-order valence-electron chi connectivity index (χ3n) is 10.7. The van der Waals surface area contributed by atoms with Crippen LogP contribution in [0.5, 0.6) is 0 Å². The van der Waals surface area contributed by atoms with E-state index in [2.05, 4.69) is 43.5 Å². The zero-order valence-corrected chi connectivity index (χ0v) is 30.8. The number of aryl methyl sites for hydroxylation is 3. The van der Waals surface area contributed by atoms with Crippen molar-refractivity contribution in [2.45, 2.75) is 103 Å². The van der Waals surface area contributed by atoms with Crippen molar-refractivity contribution in [3.8, 4) is 11.3 Å². The molecular weight excluding hydrogens is 645 g/mol. The van der Waals surface area contributed by atoms with Gasteiger partial charge in [-0.25, -0.2) is 28.1 Å². The molecule has 0 radical (unpaired) electrons. The Balaban J connectivity index is 1.29. The van der Waals surface area contributed by atoms with E-state index in [0.29, 0.717) is 47.8 Å². The van der Waals surface area contributed by atoms with Crippen molar-refractivity contribution < 1.29 is 13.2 Å². The Kier molecular flexibility index (Phi) is 8.73. The summed E-state index contributed by atoms with van der Waals surface area (Å²) in [6.07, 6.45) is 7.02. The summed E-state index contributed by atoms with van der Waals surface area (Å²) in [5.41, 5.74) is 6.02. The second-order valence-corrected chi connectivity index (χ2v) is 17.7. The number of carbonyl (C=O) groups is 1. The Labute approximate surface area is 296 Å². The molecule has 3 heterocycles. The van der Waals surface area contributed by atoms with Crippen LogP contribution in [-0.2, 0) is 23.0 Å². The number of carbonyl (C=O) groups excluding carboxylic acids is 1. The Morgan fingerprint density at radius 1 is 0.940 bits per heavy atom. The number of pyridine rings is 1. The molecule has 3 aliphatic rings. The molecular formula is C40H48N6O3S. The van der Waals surface area contributed by atoms with Crippen LogP contribution in [0.4, 0.5) is 11.8 Å². The third kappa shape index (κ3) is 7.13. The number of nitrogens with one attached hydrogen (secondary N) is 1. The van der Waals surface area contributed by atoms with Gasteiger partial charge in [-0.05, 0) is 117 Å². The lowest BCUT2D eigenvalue weighted by Gasteiger charge is -2.42. The summed E-state index contributed by atoms with van der Waals surface area (Å²) in [4.78, 5) is 33.3. The monoisotopic (exact) mass is 692 g/mol. The highest BCUT2D eigenvalue weighted by atomic mass is 32.2. The van der Waals surface area contributed by atoms with E-state index < -0.39 is 10.0 Å². The standard InChI is InChI=1S/C40H48N6O3S/c1-26-10-7-11-27(2)36(26)34-21-29-16-17-31(22-39(3,4)5)46(25-30-13-9-15-35(41-30)45(6)32-23-40(24-32)18-19-40)37(47)28-12-8-14-33(20-28)50(48,49)44-38(42-29)43-34/h7-15,20-21,31-32H,16-19,22-25H2,1-6H3,(H,42,43,44)/t31-/m0/s1. The summed E-state index contributed by atoms with van der Waals surface area (Å²) < 4.78 is 30.2. The van der Waals surface area contributed by atoms with Crippen molar-refractivity contribution in [1.82, 2.24) is 19.9 Å². The minimum absolute atomic E-state index is 0.0181. The van der Waals surface area contributed by atoms with Crippen LogP contribution in [0.1, 0.15) is 92.2 Å². The average Bonchev–Trinajstić information content (AvgIpc) is 3.85. The van der Waals surface area contributed by atoms with E-state index >= 15 is 0 Å². The normalized spacial score (nSPS) is 19.8. The molecule has 1 atom stereocenters. The minimum atomic E-state index is -4.11. The molecule has 1 N–H and O–H groups in total. The molecule has 4 aromatic rings. The van der Waals surface area contributed by atoms with Gasteiger partial charge < -0.3 is 9.80 Å². The van der Waals surface area contributed by atoms with Crippen LogP contribution in [0, 0.1) is 24.7 Å². The fourth-order valence-corrected chi connectivity index (χ4v) is 8.82. The average molecular weight is 693 g/mol. The third-order valence-corrected chi connectivity index (χ3v) is 12.1. The molecule has 50 heavy (non-hydrogen) atoms. The predicted octanol–water partition coefficient (Wildman–Crippen LogP) is 7.73. The zero-order chi connectivity index (χ0) is 35.4. The van der Waals surface area contributed by atoms with Crippen molar-refractivity contribution in [1.29, 1.82) is 0 Å². The number of hydrogen-bond acceptors (Lipinski definition) is 7. The molecule has 1 aliphatic heterocycles. The fourth-order valence-electron chi connectivity index (χ4n) is 7.83. The molecule has 9 nitrogen and oxygen atoms in total. The summed E-state index contributed by atoms with van der Waals surface area (Å²) in [6.45, 7) is 10.9. The number of fused-ring (bicyclic) bond motifs is 4. The molecule has 7 rings (SSSR count). The second kappa shape index (κ2) is 12.8. The predicted molar refractivity (Wildman–Crippen MR) is 198 cm³/mol. The zero-order valence-electron chi connectivity index (χ0n) is 30.0. The Hall–Kier alpha value is -4.31. The molecule has 2 aromatic carbocycles. The Morgan fingerprint density at radius 2 is 1.64 bits per heavy atom. The molecule has 1 spiro atoms. The van der Waals surface area contributed by atoms with Crippen molar-refractivity contribution in [2.24, 2.45) is 10.8 Å². The number of benzene rings is 2. The molecule has 0 unspecified atom stereocenters. The maximum atomic E-state index is 14.6. The van der Waals surface area contributed by atoms with E-state index in [-0.39, 0.29) is 28.2 Å². The molecule has 2 saturated carbocycles. The first kappa shape index (κ1) is 34.2. The lowest BCUT2D eigenvalue weighted by atomic mass is 9.76. The van der Waals surface area contributed by atoms with Crippen molar-refractivity contribution in [3.05, 3.63) is 94.8 Å². The van der Waals surface area contributed by atoms with Gasteiger partial charge in [0.25, 0.3) is 15.9 Å². The molecule has 10 heteroatoms. The highest BCUT2D eigenvalue weighted by Crippen LogP contribution is 2.61. The Bertz CT molecular complexity index is 2020. The first-order valence-electron chi connectivity index (χ1n) is 17.8. The van der Waals surface area contributed by atoms with Gasteiger partial charge in [0.15, 0.2) is 0 Å². The van der Waals surface area contributed by atoms with Crippen LogP contribution in [0.2, 0.25) is 0 Å². The van der Waals surface area contributed by atoms with E-state index in [1.807, 2.05) is 55.1 Å². The summed E-state index contributed by atoms with van der Waals surface area (Å²) >= 11 is 0. The highest BCUT2D eigenvalue weighted by Gasteiger charge is 2.54. The summed E-state index contributed by atoms with van der Waals surface area (Å²) in [5.74, 6) is 0.713. The van der Waals surface area contributed by atoms with Gasteiger partial charge in [0.05, 0.1) is 22.8 Å². The first-order chi connectivity index (χ1) is 23.7. The minimum Gasteiger partial charge on any atom is -0.357 e. The number of rotatable bonds is 6. The number of hydrogen-bond donors (Lipinski definition) is 1. The quantitative estimate of drug-likeness (QED) is 0.220.